The van der Waals surface area contributed by atoms with Gasteiger partial charge in [-0.3, -0.25) is 0 Å². The molecule has 1 heterocycles. The molecule has 20 heavy (non-hydrogen) atoms. The zero-order valence-corrected chi connectivity index (χ0v) is 13.4. The minimum absolute atomic E-state index is 0.407. The number of nitrogens with one attached hydrogen (secondary N) is 1. The van der Waals surface area contributed by atoms with E-state index in [4.69, 9.17) is 0 Å². The molecule has 0 amide bonds. The molecule has 2 unspecified atom stereocenters. The lowest BCUT2D eigenvalue weighted by atomic mass is 10.0. The van der Waals surface area contributed by atoms with Gasteiger partial charge >= 0.3 is 0 Å². The highest BCUT2D eigenvalue weighted by Gasteiger charge is 2.22. The van der Waals surface area contributed by atoms with Crippen LogP contribution < -0.4 is 10.2 Å². The molecule has 3 heteroatoms. The van der Waals surface area contributed by atoms with E-state index >= 15 is 0 Å². The number of anilines is 1. The molecule has 0 radical (unpaired) electrons. The van der Waals surface area contributed by atoms with Crippen molar-refractivity contribution in [3.05, 3.63) is 29.8 Å². The van der Waals surface area contributed by atoms with Crippen LogP contribution in [0, 0.1) is 5.92 Å². The number of rotatable bonds is 6. The first-order valence-electron chi connectivity index (χ1n) is 7.83. The molecule has 1 N–H and O–H groups in total. The molecule has 112 valence electrons. The van der Waals surface area contributed by atoms with E-state index in [1.54, 1.807) is 0 Å². The highest BCUT2D eigenvalue weighted by molar-refractivity contribution is 5.54. The van der Waals surface area contributed by atoms with E-state index in [1.165, 1.54) is 30.8 Å². The van der Waals surface area contributed by atoms with Crippen molar-refractivity contribution in [1.29, 1.82) is 0 Å². The van der Waals surface area contributed by atoms with Crippen molar-refractivity contribution in [3.63, 3.8) is 0 Å². The Bertz CT molecular complexity index is 418. The van der Waals surface area contributed by atoms with E-state index in [0.717, 1.165) is 19.0 Å². The number of likely N-dealkylation sites (tertiary alicyclic amines) is 1. The summed E-state index contributed by atoms with van der Waals surface area (Å²) in [7, 11) is 4.46. The highest BCUT2D eigenvalue weighted by atomic mass is 15.2. The Morgan fingerprint density at radius 3 is 2.80 bits per heavy atom. The fourth-order valence-corrected chi connectivity index (χ4v) is 3.28. The quantitative estimate of drug-likeness (QED) is 0.861. The van der Waals surface area contributed by atoms with Gasteiger partial charge < -0.3 is 15.1 Å². The fraction of sp³-hybridized carbons (Fsp3) is 0.647. The summed E-state index contributed by atoms with van der Waals surface area (Å²) in [6.07, 6.45) is 1.33. The lowest BCUT2D eigenvalue weighted by Gasteiger charge is -2.27. The van der Waals surface area contributed by atoms with Crippen LogP contribution in [0.1, 0.15) is 31.9 Å². The summed E-state index contributed by atoms with van der Waals surface area (Å²) < 4.78 is 0. The van der Waals surface area contributed by atoms with Crippen molar-refractivity contribution in [3.8, 4) is 0 Å². The van der Waals surface area contributed by atoms with Crippen LogP contribution in [-0.2, 0) is 0 Å². The Kier molecular flexibility index (Phi) is 5.44. The molecule has 1 aliphatic heterocycles. The van der Waals surface area contributed by atoms with Crippen LogP contribution in [0.5, 0.6) is 0 Å². The van der Waals surface area contributed by atoms with E-state index in [0.29, 0.717) is 6.04 Å². The molecule has 1 aromatic carbocycles. The van der Waals surface area contributed by atoms with Crippen molar-refractivity contribution in [2.75, 3.05) is 45.2 Å². The minimum atomic E-state index is 0.407. The normalized spacial score (nSPS) is 21.1. The smallest absolute Gasteiger partial charge is 0.0412 e. The van der Waals surface area contributed by atoms with Crippen LogP contribution in [0.15, 0.2) is 24.3 Å². The van der Waals surface area contributed by atoms with Crippen molar-refractivity contribution in [2.24, 2.45) is 5.92 Å². The monoisotopic (exact) mass is 275 g/mol. The molecule has 2 atom stereocenters. The first-order chi connectivity index (χ1) is 9.61. The van der Waals surface area contributed by atoms with Gasteiger partial charge in [0.2, 0.25) is 0 Å². The molecule has 1 aromatic rings. The first-order valence-corrected chi connectivity index (χ1v) is 7.83. The standard InChI is InChI=1S/C17H29N3/c1-5-18-14(2)16-8-6-7-9-17(16)20(4)13-15-10-11-19(3)12-15/h6-9,14-15,18H,5,10-13H2,1-4H3. The molecule has 2 rings (SSSR count). The molecule has 0 saturated carbocycles. The summed E-state index contributed by atoms with van der Waals surface area (Å²) in [5.74, 6) is 0.799. The highest BCUT2D eigenvalue weighted by Crippen LogP contribution is 2.27. The second kappa shape index (κ2) is 7.09. The van der Waals surface area contributed by atoms with E-state index in [1.807, 2.05) is 0 Å². The van der Waals surface area contributed by atoms with Crippen LogP contribution in [0.25, 0.3) is 0 Å². The Morgan fingerprint density at radius 2 is 2.15 bits per heavy atom. The maximum atomic E-state index is 3.52. The zero-order valence-electron chi connectivity index (χ0n) is 13.4. The molecule has 0 aromatic heterocycles. The predicted octanol–water partition coefficient (Wildman–Crippen LogP) is 2.75. The largest absolute Gasteiger partial charge is 0.374 e. The van der Waals surface area contributed by atoms with Gasteiger partial charge in [-0.25, -0.2) is 0 Å². The Balaban J connectivity index is 2.07. The van der Waals surface area contributed by atoms with Gasteiger partial charge in [0, 0.05) is 31.9 Å². The third-order valence-corrected chi connectivity index (χ3v) is 4.35. The average Bonchev–Trinajstić information content (AvgIpc) is 2.84. The third kappa shape index (κ3) is 3.74. The number of para-hydroxylation sites is 1. The van der Waals surface area contributed by atoms with Crippen molar-refractivity contribution < 1.29 is 0 Å². The lowest BCUT2D eigenvalue weighted by Crippen LogP contribution is -2.29. The summed E-state index contributed by atoms with van der Waals surface area (Å²) >= 11 is 0. The van der Waals surface area contributed by atoms with Crippen LogP contribution in [0.3, 0.4) is 0 Å². The van der Waals surface area contributed by atoms with E-state index in [2.05, 4.69) is 67.3 Å². The van der Waals surface area contributed by atoms with Crippen LogP contribution in [0.4, 0.5) is 5.69 Å². The van der Waals surface area contributed by atoms with Gasteiger partial charge in [-0.2, -0.15) is 0 Å². The second-order valence-electron chi connectivity index (χ2n) is 6.14. The van der Waals surface area contributed by atoms with E-state index in [9.17, 15) is 0 Å². The molecule has 1 aliphatic rings. The van der Waals surface area contributed by atoms with Gasteiger partial charge in [0.1, 0.15) is 0 Å². The maximum absolute atomic E-state index is 3.52. The summed E-state index contributed by atoms with van der Waals surface area (Å²) in [5.41, 5.74) is 2.78. The SMILES string of the molecule is CCNC(C)c1ccccc1N(C)CC1CCN(C)C1. The molecule has 1 fully saturated rings. The van der Waals surface area contributed by atoms with Crippen molar-refractivity contribution in [1.82, 2.24) is 10.2 Å². The molecular weight excluding hydrogens is 246 g/mol. The summed E-state index contributed by atoms with van der Waals surface area (Å²) in [5, 5.41) is 3.52. The molecule has 0 aliphatic carbocycles. The minimum Gasteiger partial charge on any atom is -0.374 e. The Hall–Kier alpha value is -1.06. The van der Waals surface area contributed by atoms with Gasteiger partial charge in [0.05, 0.1) is 0 Å². The van der Waals surface area contributed by atoms with Gasteiger partial charge in [-0.15, -0.1) is 0 Å². The maximum Gasteiger partial charge on any atom is 0.0412 e. The topological polar surface area (TPSA) is 18.5 Å². The Morgan fingerprint density at radius 1 is 1.40 bits per heavy atom. The first kappa shape index (κ1) is 15.3. The number of hydrogen-bond donors (Lipinski definition) is 1. The number of benzene rings is 1. The molecular formula is C17H29N3. The van der Waals surface area contributed by atoms with Crippen LogP contribution in [-0.4, -0.2) is 45.2 Å². The number of nitrogens with zero attached hydrogens (tertiary/aromatic N) is 2. The zero-order chi connectivity index (χ0) is 14.5. The average molecular weight is 275 g/mol. The molecule has 0 spiro atoms. The van der Waals surface area contributed by atoms with Crippen LogP contribution in [0.2, 0.25) is 0 Å². The fourth-order valence-electron chi connectivity index (χ4n) is 3.28. The number of hydrogen-bond acceptors (Lipinski definition) is 3. The summed E-state index contributed by atoms with van der Waals surface area (Å²) in [6, 6.07) is 9.20. The van der Waals surface area contributed by atoms with E-state index < -0.39 is 0 Å². The molecule has 3 nitrogen and oxygen atoms in total. The molecule has 0 bridgehead atoms. The van der Waals surface area contributed by atoms with Gasteiger partial charge in [-0.05, 0) is 51.0 Å². The molecule has 1 saturated heterocycles. The lowest BCUT2D eigenvalue weighted by molar-refractivity contribution is 0.395. The van der Waals surface area contributed by atoms with Gasteiger partial charge in [0.25, 0.3) is 0 Å². The predicted molar refractivity (Wildman–Crippen MR) is 87.4 cm³/mol. The van der Waals surface area contributed by atoms with Crippen molar-refractivity contribution >= 4 is 5.69 Å². The third-order valence-electron chi connectivity index (χ3n) is 4.35. The van der Waals surface area contributed by atoms with Crippen LogP contribution >= 0.6 is 0 Å². The van der Waals surface area contributed by atoms with Gasteiger partial charge in [0.15, 0.2) is 0 Å². The summed E-state index contributed by atoms with van der Waals surface area (Å²) in [6.45, 7) is 9.05. The van der Waals surface area contributed by atoms with Gasteiger partial charge in [-0.1, -0.05) is 25.1 Å². The summed E-state index contributed by atoms with van der Waals surface area (Å²) in [4.78, 5) is 4.87. The second-order valence-corrected chi connectivity index (χ2v) is 6.14. The Labute approximate surface area is 124 Å². The van der Waals surface area contributed by atoms with Crippen molar-refractivity contribution in [2.45, 2.75) is 26.3 Å². The van der Waals surface area contributed by atoms with E-state index in [-0.39, 0.29) is 0 Å².